The molecule has 2 N–H and O–H groups in total. The number of benzene rings is 4. The molecule has 0 aliphatic rings. The maximum absolute atomic E-state index is 13.3. The van der Waals surface area contributed by atoms with Crippen LogP contribution in [0.15, 0.2) is 101 Å². The minimum atomic E-state index is -0.698. The van der Waals surface area contributed by atoms with Gasteiger partial charge in [-0.2, -0.15) is 5.10 Å². The number of nitro benzene ring substituents is 1. The number of halogens is 2. The lowest BCUT2D eigenvalue weighted by atomic mass is 10.0. The van der Waals surface area contributed by atoms with Crippen LogP contribution in [0.4, 0.5) is 5.69 Å². The summed E-state index contributed by atoms with van der Waals surface area (Å²) in [5.74, 6) is -0.952. The molecule has 11 heteroatoms. The summed E-state index contributed by atoms with van der Waals surface area (Å²) in [4.78, 5) is 39.5. The van der Waals surface area contributed by atoms with E-state index in [1.165, 1.54) is 30.5 Å². The van der Waals surface area contributed by atoms with Crippen LogP contribution in [0.25, 0.3) is 22.0 Å². The van der Waals surface area contributed by atoms with Crippen molar-refractivity contribution < 1.29 is 19.2 Å². The zero-order chi connectivity index (χ0) is 28.2. The Balaban J connectivity index is 1.39. The van der Waals surface area contributed by atoms with E-state index in [0.29, 0.717) is 15.7 Å². The van der Waals surface area contributed by atoms with Gasteiger partial charge in [-0.15, -0.1) is 0 Å². The number of hydrogen-bond acceptors (Lipinski definition) is 6. The van der Waals surface area contributed by atoms with Crippen LogP contribution in [0.3, 0.4) is 0 Å². The van der Waals surface area contributed by atoms with Crippen molar-refractivity contribution >= 4 is 73.2 Å². The van der Waals surface area contributed by atoms with Crippen LogP contribution in [-0.2, 0) is 0 Å². The molecular formula is C29H18BrIN4O5. The smallest absolute Gasteiger partial charge is 0.343 e. The number of carbonyl (C=O) groups excluding carboxylic acids is 2. The van der Waals surface area contributed by atoms with Gasteiger partial charge in [0.2, 0.25) is 0 Å². The highest BCUT2D eigenvalue weighted by molar-refractivity contribution is 14.1. The zero-order valence-corrected chi connectivity index (χ0v) is 24.2. The lowest BCUT2D eigenvalue weighted by Gasteiger charge is -2.08. The molecule has 5 aromatic rings. The summed E-state index contributed by atoms with van der Waals surface area (Å²) in [5, 5.41) is 15.9. The number of non-ortho nitro benzene ring substituents is 1. The number of H-pyrrole nitrogens is 1. The number of nitro groups is 1. The molecule has 0 bridgehead atoms. The summed E-state index contributed by atoms with van der Waals surface area (Å²) in [5.41, 5.74) is 5.85. The number of rotatable bonds is 7. The van der Waals surface area contributed by atoms with Crippen molar-refractivity contribution in [2.24, 2.45) is 5.10 Å². The summed E-state index contributed by atoms with van der Waals surface area (Å²) in [6, 6.07) is 25.5. The van der Waals surface area contributed by atoms with E-state index >= 15 is 0 Å². The van der Waals surface area contributed by atoms with Crippen LogP contribution in [0.5, 0.6) is 5.75 Å². The third-order valence-corrected chi connectivity index (χ3v) is 7.32. The van der Waals surface area contributed by atoms with E-state index in [-0.39, 0.29) is 17.0 Å². The average Bonchev–Trinajstić information content (AvgIpc) is 3.36. The number of fused-ring (bicyclic) bond motifs is 1. The summed E-state index contributed by atoms with van der Waals surface area (Å²) >= 11 is 5.61. The van der Waals surface area contributed by atoms with Gasteiger partial charge in [0, 0.05) is 36.7 Å². The second kappa shape index (κ2) is 11.8. The molecule has 5 rings (SSSR count). The Hall–Kier alpha value is -4.36. The fraction of sp³-hybridized carbons (Fsp3) is 0. The molecule has 9 nitrogen and oxygen atoms in total. The molecule has 1 amide bonds. The molecule has 1 aromatic heterocycles. The highest BCUT2D eigenvalue weighted by atomic mass is 127. The van der Waals surface area contributed by atoms with Crippen molar-refractivity contribution in [3.05, 3.63) is 126 Å². The number of carbonyl (C=O) groups is 2. The molecule has 1 heterocycles. The molecular weight excluding hydrogens is 691 g/mol. The van der Waals surface area contributed by atoms with Crippen LogP contribution in [0.1, 0.15) is 26.4 Å². The predicted octanol–water partition coefficient (Wildman–Crippen LogP) is 7.09. The number of esters is 1. The number of nitrogens with zero attached hydrogens (tertiary/aromatic N) is 2. The highest BCUT2D eigenvalue weighted by Gasteiger charge is 2.20. The first-order chi connectivity index (χ1) is 19.3. The zero-order valence-electron chi connectivity index (χ0n) is 20.4. The minimum absolute atomic E-state index is 0.135. The molecule has 0 fully saturated rings. The minimum Gasteiger partial charge on any atom is -0.422 e. The monoisotopic (exact) mass is 708 g/mol. The lowest BCUT2D eigenvalue weighted by molar-refractivity contribution is -0.384. The molecule has 198 valence electrons. The number of amides is 1. The van der Waals surface area contributed by atoms with E-state index in [1.807, 2.05) is 48.5 Å². The van der Waals surface area contributed by atoms with Crippen molar-refractivity contribution in [1.29, 1.82) is 0 Å². The summed E-state index contributed by atoms with van der Waals surface area (Å²) < 4.78 is 7.19. The highest BCUT2D eigenvalue weighted by Crippen LogP contribution is 2.34. The SMILES string of the molecule is O=C(Oc1ccc(Br)cc1C=NNC(=O)c1[nH]c2c(I)cccc2c1-c1ccccc1)c1ccc([N+](=O)[O-])cc1. The maximum atomic E-state index is 13.3. The first-order valence-corrected chi connectivity index (χ1v) is 13.6. The second-order valence-corrected chi connectivity index (χ2v) is 10.6. The normalized spacial score (nSPS) is 11.1. The quantitative estimate of drug-likeness (QED) is 0.0466. The lowest BCUT2D eigenvalue weighted by Crippen LogP contribution is -2.19. The number of hydrogen-bond donors (Lipinski definition) is 2. The predicted molar refractivity (Wildman–Crippen MR) is 164 cm³/mol. The van der Waals surface area contributed by atoms with Gasteiger partial charge < -0.3 is 9.72 Å². The fourth-order valence-electron chi connectivity index (χ4n) is 4.06. The van der Waals surface area contributed by atoms with Gasteiger partial charge in [0.15, 0.2) is 0 Å². The average molecular weight is 709 g/mol. The molecule has 0 spiro atoms. The van der Waals surface area contributed by atoms with Gasteiger partial charge >= 0.3 is 5.97 Å². The Morgan fingerprint density at radius 2 is 1.75 bits per heavy atom. The molecule has 4 aromatic carbocycles. The number of aromatic nitrogens is 1. The van der Waals surface area contributed by atoms with Crippen molar-refractivity contribution in [3.63, 3.8) is 0 Å². The molecule has 0 aliphatic carbocycles. The number of aromatic amines is 1. The Labute approximate surface area is 249 Å². The standard InChI is InChI=1S/C29H18BrIN4O5/c30-20-11-14-24(40-29(37)18-9-12-21(13-10-18)35(38)39)19(15-20)16-32-34-28(36)27-25(17-5-2-1-3-6-17)22-7-4-8-23(31)26(22)33-27/h1-16,33H,(H,34,36). The van der Waals surface area contributed by atoms with Gasteiger partial charge in [0.25, 0.3) is 11.6 Å². The first kappa shape index (κ1) is 27.2. The molecule has 0 saturated carbocycles. The van der Waals surface area contributed by atoms with Gasteiger partial charge in [-0.1, -0.05) is 58.4 Å². The molecule has 40 heavy (non-hydrogen) atoms. The third kappa shape index (κ3) is 5.80. The topological polar surface area (TPSA) is 127 Å². The molecule has 0 radical (unpaired) electrons. The largest absolute Gasteiger partial charge is 0.422 e. The van der Waals surface area contributed by atoms with E-state index in [4.69, 9.17) is 4.74 Å². The van der Waals surface area contributed by atoms with Gasteiger partial charge in [0.05, 0.1) is 22.2 Å². The number of para-hydroxylation sites is 1. The van der Waals surface area contributed by atoms with Crippen LogP contribution in [0, 0.1) is 13.7 Å². The van der Waals surface area contributed by atoms with Gasteiger partial charge in [0.1, 0.15) is 11.4 Å². The Morgan fingerprint density at radius 1 is 1.00 bits per heavy atom. The van der Waals surface area contributed by atoms with Crippen LogP contribution in [-0.4, -0.2) is 28.0 Å². The summed E-state index contributed by atoms with van der Waals surface area (Å²) in [6.45, 7) is 0. The fourth-order valence-corrected chi connectivity index (χ4v) is 5.08. The maximum Gasteiger partial charge on any atom is 0.343 e. The van der Waals surface area contributed by atoms with Gasteiger partial charge in [-0.3, -0.25) is 14.9 Å². The van der Waals surface area contributed by atoms with E-state index in [9.17, 15) is 19.7 Å². The molecule has 0 atom stereocenters. The Morgan fingerprint density at radius 3 is 2.48 bits per heavy atom. The van der Waals surface area contributed by atoms with E-state index in [1.54, 1.807) is 18.2 Å². The van der Waals surface area contributed by atoms with E-state index in [0.717, 1.165) is 25.6 Å². The first-order valence-electron chi connectivity index (χ1n) is 11.8. The van der Waals surface area contributed by atoms with E-state index in [2.05, 4.69) is 54.0 Å². The summed E-state index contributed by atoms with van der Waals surface area (Å²) in [6.07, 6.45) is 1.37. The van der Waals surface area contributed by atoms with Crippen molar-refractivity contribution in [1.82, 2.24) is 10.4 Å². The summed E-state index contributed by atoms with van der Waals surface area (Å²) in [7, 11) is 0. The van der Waals surface area contributed by atoms with Crippen LogP contribution < -0.4 is 10.2 Å². The van der Waals surface area contributed by atoms with Crippen LogP contribution >= 0.6 is 38.5 Å². The van der Waals surface area contributed by atoms with Gasteiger partial charge in [-0.25, -0.2) is 10.2 Å². The Bertz CT molecular complexity index is 1790. The van der Waals surface area contributed by atoms with Gasteiger partial charge in [-0.05, 0) is 64.6 Å². The molecule has 0 unspecified atom stereocenters. The third-order valence-electron chi connectivity index (χ3n) is 5.93. The van der Waals surface area contributed by atoms with Crippen molar-refractivity contribution in [2.75, 3.05) is 0 Å². The second-order valence-electron chi connectivity index (χ2n) is 8.48. The van der Waals surface area contributed by atoms with E-state index < -0.39 is 16.8 Å². The number of ether oxygens (including phenoxy) is 1. The molecule has 0 aliphatic heterocycles. The number of hydrazone groups is 1. The Kier molecular flexibility index (Phi) is 8.03. The van der Waals surface area contributed by atoms with Crippen molar-refractivity contribution in [2.45, 2.75) is 0 Å². The number of nitrogens with one attached hydrogen (secondary N) is 2. The molecule has 0 saturated heterocycles. The van der Waals surface area contributed by atoms with Crippen LogP contribution in [0.2, 0.25) is 0 Å². The van der Waals surface area contributed by atoms with Crippen molar-refractivity contribution in [3.8, 4) is 16.9 Å².